The SMILES string of the molecule is COc1ccccc1N1CCN(C[C@H](O)CO[C@H]2CCCc3ccccc32)CC1. The minimum Gasteiger partial charge on any atom is -0.495 e. The van der Waals surface area contributed by atoms with Gasteiger partial charge in [-0.2, -0.15) is 0 Å². The molecule has 0 saturated carbocycles. The number of para-hydroxylation sites is 2. The Morgan fingerprint density at radius 1 is 1.03 bits per heavy atom. The number of aryl methyl sites for hydroxylation is 1. The lowest BCUT2D eigenvalue weighted by Gasteiger charge is -2.37. The summed E-state index contributed by atoms with van der Waals surface area (Å²) < 4.78 is 11.6. The van der Waals surface area contributed by atoms with Crippen molar-refractivity contribution < 1.29 is 14.6 Å². The lowest BCUT2D eigenvalue weighted by molar-refractivity contribution is -0.0285. The minimum atomic E-state index is -0.457. The number of fused-ring (bicyclic) bond motifs is 1. The molecule has 2 aliphatic rings. The molecule has 0 unspecified atom stereocenters. The van der Waals surface area contributed by atoms with Gasteiger partial charge in [-0.3, -0.25) is 4.90 Å². The monoisotopic (exact) mass is 396 g/mol. The molecule has 1 aliphatic carbocycles. The van der Waals surface area contributed by atoms with Gasteiger partial charge in [0.2, 0.25) is 0 Å². The van der Waals surface area contributed by atoms with Crippen LogP contribution in [0.1, 0.15) is 30.1 Å². The van der Waals surface area contributed by atoms with Crippen LogP contribution in [0.15, 0.2) is 48.5 Å². The first-order chi connectivity index (χ1) is 14.2. The minimum absolute atomic E-state index is 0.122. The zero-order valence-electron chi connectivity index (χ0n) is 17.3. The van der Waals surface area contributed by atoms with Gasteiger partial charge in [-0.1, -0.05) is 36.4 Å². The van der Waals surface area contributed by atoms with Crippen molar-refractivity contribution in [2.75, 3.05) is 51.3 Å². The number of β-amino-alcohol motifs (C(OH)–C–C–N with tert-alkyl or cyclic N) is 1. The molecule has 1 N–H and O–H groups in total. The number of benzene rings is 2. The number of piperazine rings is 1. The second-order valence-corrected chi connectivity index (χ2v) is 8.03. The van der Waals surface area contributed by atoms with E-state index in [1.165, 1.54) is 11.1 Å². The highest BCUT2D eigenvalue weighted by atomic mass is 16.5. The molecule has 0 spiro atoms. The van der Waals surface area contributed by atoms with Gasteiger partial charge < -0.3 is 19.5 Å². The number of aliphatic hydroxyl groups is 1. The van der Waals surface area contributed by atoms with Gasteiger partial charge in [0.25, 0.3) is 0 Å². The Bertz CT molecular complexity index is 789. The van der Waals surface area contributed by atoms with Crippen LogP contribution in [0, 0.1) is 0 Å². The first kappa shape index (κ1) is 20.2. The summed E-state index contributed by atoms with van der Waals surface area (Å²) in [7, 11) is 1.72. The van der Waals surface area contributed by atoms with E-state index in [9.17, 15) is 5.11 Å². The molecular weight excluding hydrogens is 364 g/mol. The van der Waals surface area contributed by atoms with E-state index < -0.39 is 6.10 Å². The summed E-state index contributed by atoms with van der Waals surface area (Å²) in [6.07, 6.45) is 3.00. The Morgan fingerprint density at radius 3 is 2.62 bits per heavy atom. The van der Waals surface area contributed by atoms with E-state index in [4.69, 9.17) is 9.47 Å². The predicted octanol–water partition coefficient (Wildman–Crippen LogP) is 3.27. The molecule has 2 aromatic rings. The van der Waals surface area contributed by atoms with Gasteiger partial charge in [-0.05, 0) is 42.5 Å². The smallest absolute Gasteiger partial charge is 0.142 e. The highest BCUT2D eigenvalue weighted by molar-refractivity contribution is 5.58. The number of anilines is 1. The second-order valence-electron chi connectivity index (χ2n) is 8.03. The molecule has 29 heavy (non-hydrogen) atoms. The van der Waals surface area contributed by atoms with Crippen molar-refractivity contribution >= 4 is 5.69 Å². The van der Waals surface area contributed by atoms with Gasteiger partial charge in [0.15, 0.2) is 0 Å². The average Bonchev–Trinajstić information content (AvgIpc) is 2.78. The van der Waals surface area contributed by atoms with Crippen LogP contribution in [0.2, 0.25) is 0 Å². The van der Waals surface area contributed by atoms with Crippen molar-refractivity contribution in [1.82, 2.24) is 4.90 Å². The van der Waals surface area contributed by atoms with Crippen LogP contribution in [0.5, 0.6) is 5.75 Å². The van der Waals surface area contributed by atoms with Crippen LogP contribution >= 0.6 is 0 Å². The summed E-state index contributed by atoms with van der Waals surface area (Å²) in [5.41, 5.74) is 3.84. The van der Waals surface area contributed by atoms with Gasteiger partial charge in [-0.15, -0.1) is 0 Å². The molecule has 1 saturated heterocycles. The largest absolute Gasteiger partial charge is 0.495 e. The number of hydrogen-bond donors (Lipinski definition) is 1. The highest BCUT2D eigenvalue weighted by Gasteiger charge is 2.24. The van der Waals surface area contributed by atoms with Crippen molar-refractivity contribution in [1.29, 1.82) is 0 Å². The van der Waals surface area contributed by atoms with E-state index in [0.717, 1.165) is 56.9 Å². The molecule has 0 bridgehead atoms. The van der Waals surface area contributed by atoms with E-state index >= 15 is 0 Å². The van der Waals surface area contributed by atoms with Gasteiger partial charge in [0, 0.05) is 32.7 Å². The standard InChI is InChI=1S/C24H32N2O3/c1-28-24-11-5-4-10-22(24)26-15-13-25(14-16-26)17-20(27)18-29-23-12-6-8-19-7-2-3-9-21(19)23/h2-5,7,9-11,20,23,27H,6,8,12-18H2,1H3/t20-,23-/m0/s1. The van der Waals surface area contributed by atoms with Crippen LogP contribution < -0.4 is 9.64 Å². The quantitative estimate of drug-likeness (QED) is 0.778. The summed E-state index contributed by atoms with van der Waals surface area (Å²) in [5, 5.41) is 10.5. The Kier molecular flexibility index (Phi) is 6.70. The maximum atomic E-state index is 10.5. The van der Waals surface area contributed by atoms with E-state index in [-0.39, 0.29) is 6.10 Å². The molecule has 0 radical (unpaired) electrons. The van der Waals surface area contributed by atoms with E-state index in [1.54, 1.807) is 7.11 Å². The zero-order valence-corrected chi connectivity index (χ0v) is 17.3. The number of rotatable bonds is 7. The Hall–Kier alpha value is -2.08. The van der Waals surface area contributed by atoms with Crippen LogP contribution in [-0.2, 0) is 11.2 Å². The first-order valence-corrected chi connectivity index (χ1v) is 10.7. The third-order valence-corrected chi connectivity index (χ3v) is 6.07. The number of methoxy groups -OCH3 is 1. The molecule has 0 amide bonds. The molecule has 4 rings (SSSR count). The molecule has 1 fully saturated rings. The molecule has 156 valence electrons. The normalized spacial score (nSPS) is 20.9. The van der Waals surface area contributed by atoms with Gasteiger partial charge in [-0.25, -0.2) is 0 Å². The molecule has 5 heteroatoms. The lowest BCUT2D eigenvalue weighted by Crippen LogP contribution is -2.49. The molecule has 0 aromatic heterocycles. The summed E-state index contributed by atoms with van der Waals surface area (Å²) in [6.45, 7) is 4.79. The first-order valence-electron chi connectivity index (χ1n) is 10.7. The van der Waals surface area contributed by atoms with Crippen molar-refractivity contribution in [2.24, 2.45) is 0 Å². The van der Waals surface area contributed by atoms with Crippen molar-refractivity contribution in [3.05, 3.63) is 59.7 Å². The number of ether oxygens (including phenoxy) is 2. The van der Waals surface area contributed by atoms with Crippen molar-refractivity contribution in [3.63, 3.8) is 0 Å². The summed E-state index contributed by atoms with van der Waals surface area (Å²) in [4.78, 5) is 4.69. The van der Waals surface area contributed by atoms with E-state index in [1.807, 2.05) is 12.1 Å². The van der Waals surface area contributed by atoms with Crippen molar-refractivity contribution in [3.8, 4) is 5.75 Å². The van der Waals surface area contributed by atoms with Crippen LogP contribution in [-0.4, -0.2) is 62.6 Å². The fraction of sp³-hybridized carbons (Fsp3) is 0.500. The van der Waals surface area contributed by atoms with Crippen LogP contribution in [0.4, 0.5) is 5.69 Å². The number of aliphatic hydroxyl groups excluding tert-OH is 1. The maximum Gasteiger partial charge on any atom is 0.142 e. The topological polar surface area (TPSA) is 45.2 Å². The summed E-state index contributed by atoms with van der Waals surface area (Å²) in [6, 6.07) is 16.7. The van der Waals surface area contributed by atoms with Gasteiger partial charge >= 0.3 is 0 Å². The van der Waals surface area contributed by atoms with Gasteiger partial charge in [0.05, 0.1) is 31.6 Å². The van der Waals surface area contributed by atoms with Gasteiger partial charge in [0.1, 0.15) is 5.75 Å². The summed E-state index contributed by atoms with van der Waals surface area (Å²) in [5.74, 6) is 0.919. The summed E-state index contributed by atoms with van der Waals surface area (Å²) >= 11 is 0. The predicted molar refractivity (Wildman–Crippen MR) is 116 cm³/mol. The third kappa shape index (κ3) is 4.92. The zero-order chi connectivity index (χ0) is 20.1. The maximum absolute atomic E-state index is 10.5. The average molecular weight is 397 g/mol. The molecule has 5 nitrogen and oxygen atoms in total. The lowest BCUT2D eigenvalue weighted by atomic mass is 9.89. The third-order valence-electron chi connectivity index (χ3n) is 6.07. The van der Waals surface area contributed by atoms with Crippen molar-refractivity contribution in [2.45, 2.75) is 31.5 Å². The fourth-order valence-corrected chi connectivity index (χ4v) is 4.52. The second kappa shape index (κ2) is 9.61. The fourth-order valence-electron chi connectivity index (χ4n) is 4.52. The Balaban J connectivity index is 1.24. The van der Waals surface area contributed by atoms with Crippen LogP contribution in [0.3, 0.4) is 0 Å². The number of nitrogens with zero attached hydrogens (tertiary/aromatic N) is 2. The van der Waals surface area contributed by atoms with E-state index in [2.05, 4.69) is 46.2 Å². The van der Waals surface area contributed by atoms with Crippen LogP contribution in [0.25, 0.3) is 0 Å². The molecular formula is C24H32N2O3. The molecule has 1 heterocycles. The number of hydrogen-bond acceptors (Lipinski definition) is 5. The van der Waals surface area contributed by atoms with E-state index in [0.29, 0.717) is 13.2 Å². The molecule has 2 aromatic carbocycles. The molecule has 1 aliphatic heterocycles. The Labute approximate surface area is 173 Å². The highest BCUT2D eigenvalue weighted by Crippen LogP contribution is 2.32. The Morgan fingerprint density at radius 2 is 1.79 bits per heavy atom. The molecule has 2 atom stereocenters.